The van der Waals surface area contributed by atoms with Gasteiger partial charge >= 0.3 is 0 Å². The molecular weight excluding hydrogens is 1370 g/mol. The van der Waals surface area contributed by atoms with Crippen LogP contribution in [-0.2, 0) is 21.7 Å². The van der Waals surface area contributed by atoms with Crippen LogP contribution in [0.25, 0.3) is 88.3 Å². The minimum absolute atomic E-state index is 0.0252. The standard InChI is InChI=1S/C112H120N2/c1-11-15-19-23-39-67-111(68-40-24-20-16-12-2)97-51-35-33-45-85(97)91-63-57-81(73-103(91)111)79-55-61-87-89-65-59-83(75-101(89)109(7,8)99(87)71-79)113(105-53-37-27-43-77(105)5)107-93-47-29-31-49-95(93)108(96-50-32-30-48-94(96)107)114(106-54-38-28-44-78(106)6)84-60-66-90-88-62-56-80(72-100(88)110(9,10)102(90)76-84)82-58-64-92-86-46-34-36-52-98(86)112(104(92)74-82,69-41-25-21-17-13-3)70-42-26-22-18-14-4/h27-38,43-66,71-76H,11-26,39-42,67-70H2,1-10H3. The van der Waals surface area contributed by atoms with Crippen LogP contribution in [0.1, 0.15) is 265 Å². The van der Waals surface area contributed by atoms with Gasteiger partial charge in [0.15, 0.2) is 0 Å². The van der Waals surface area contributed by atoms with Crippen LogP contribution in [-0.4, -0.2) is 0 Å². The lowest BCUT2D eigenvalue weighted by atomic mass is 9.70. The molecule has 0 N–H and O–H groups in total. The average Bonchev–Trinajstić information content (AvgIpc) is 1.12. The molecule has 13 aromatic rings. The third-order valence-corrected chi connectivity index (χ3v) is 27.9. The van der Waals surface area contributed by atoms with Crippen molar-refractivity contribution in [2.75, 3.05) is 9.80 Å². The van der Waals surface area contributed by atoms with Gasteiger partial charge in [-0.25, -0.2) is 0 Å². The number of fused-ring (bicyclic) bond motifs is 14. The van der Waals surface area contributed by atoms with Crippen molar-refractivity contribution in [3.8, 4) is 66.8 Å². The van der Waals surface area contributed by atoms with Crippen LogP contribution in [0.5, 0.6) is 0 Å². The summed E-state index contributed by atoms with van der Waals surface area (Å²) in [7, 11) is 0. The summed E-state index contributed by atoms with van der Waals surface area (Å²) in [6, 6.07) is 101. The minimum atomic E-state index is -0.291. The first-order valence-electron chi connectivity index (χ1n) is 44.5. The van der Waals surface area contributed by atoms with Crippen LogP contribution < -0.4 is 9.80 Å². The summed E-state index contributed by atoms with van der Waals surface area (Å²) < 4.78 is 0. The lowest BCUT2D eigenvalue weighted by Gasteiger charge is -2.34. The topological polar surface area (TPSA) is 6.48 Å². The highest BCUT2D eigenvalue weighted by Gasteiger charge is 2.46. The normalized spacial score (nSPS) is 14.5. The Morgan fingerprint density at radius 1 is 0.228 bits per heavy atom. The molecule has 0 atom stereocenters. The lowest BCUT2D eigenvalue weighted by molar-refractivity contribution is 0.399. The van der Waals surface area contributed by atoms with Crippen molar-refractivity contribution in [2.24, 2.45) is 0 Å². The highest BCUT2D eigenvalue weighted by atomic mass is 15.2. The zero-order valence-electron chi connectivity index (χ0n) is 70.1. The molecule has 0 heterocycles. The summed E-state index contributed by atoms with van der Waals surface area (Å²) in [6.07, 6.45) is 30.9. The molecule has 0 spiro atoms. The molecule has 0 saturated carbocycles. The van der Waals surface area contributed by atoms with Gasteiger partial charge in [-0.1, -0.05) is 378 Å². The van der Waals surface area contributed by atoms with Gasteiger partial charge in [-0.15, -0.1) is 0 Å². The van der Waals surface area contributed by atoms with Crippen LogP contribution >= 0.6 is 0 Å². The molecule has 17 rings (SSSR count). The first kappa shape index (κ1) is 76.6. The Bertz CT molecular complexity index is 5280. The maximum Gasteiger partial charge on any atom is 0.0620 e. The van der Waals surface area contributed by atoms with Crippen molar-refractivity contribution in [1.82, 2.24) is 0 Å². The summed E-state index contributed by atoms with van der Waals surface area (Å²) >= 11 is 0. The molecular formula is C112H120N2. The van der Waals surface area contributed by atoms with Crippen molar-refractivity contribution >= 4 is 55.7 Å². The van der Waals surface area contributed by atoms with Crippen molar-refractivity contribution < 1.29 is 0 Å². The summed E-state index contributed by atoms with van der Waals surface area (Å²) in [6.45, 7) is 23.8. The van der Waals surface area contributed by atoms with Crippen molar-refractivity contribution in [3.05, 3.63) is 310 Å². The number of para-hydroxylation sites is 2. The van der Waals surface area contributed by atoms with E-state index < -0.39 is 0 Å². The van der Waals surface area contributed by atoms with Gasteiger partial charge in [-0.2, -0.15) is 0 Å². The van der Waals surface area contributed by atoms with Crippen LogP contribution in [0.15, 0.2) is 255 Å². The number of unbranched alkanes of at least 4 members (excludes halogenated alkanes) is 16. The summed E-state index contributed by atoms with van der Waals surface area (Å²) in [4.78, 5) is 5.23. The zero-order valence-corrected chi connectivity index (χ0v) is 70.1. The molecule has 4 aliphatic carbocycles. The second-order valence-corrected chi connectivity index (χ2v) is 35.7. The van der Waals surface area contributed by atoms with E-state index in [1.165, 1.54) is 299 Å². The Morgan fingerprint density at radius 3 is 0.807 bits per heavy atom. The number of hydrogen-bond donors (Lipinski definition) is 0. The van der Waals surface area contributed by atoms with Gasteiger partial charge in [0.1, 0.15) is 0 Å². The molecule has 0 fully saturated rings. The maximum atomic E-state index is 2.64. The van der Waals surface area contributed by atoms with Crippen LogP contribution in [0.4, 0.5) is 34.1 Å². The summed E-state index contributed by atoms with van der Waals surface area (Å²) in [5.74, 6) is 0. The van der Waals surface area contributed by atoms with Gasteiger partial charge in [0, 0.05) is 66.0 Å². The van der Waals surface area contributed by atoms with E-state index in [-0.39, 0.29) is 21.7 Å². The van der Waals surface area contributed by atoms with E-state index in [0.29, 0.717) is 0 Å². The van der Waals surface area contributed by atoms with Gasteiger partial charge in [0.05, 0.1) is 11.4 Å². The number of hydrogen-bond acceptors (Lipinski definition) is 2. The first-order valence-corrected chi connectivity index (χ1v) is 44.5. The molecule has 4 aliphatic rings. The number of benzene rings is 13. The Kier molecular flexibility index (Phi) is 21.7. The highest BCUT2D eigenvalue weighted by molar-refractivity contribution is 6.23. The SMILES string of the molecule is CCCCCCCC1(CCCCCCC)c2ccccc2-c2ccc(-c3ccc4c(c3)C(C)(C)c3cc(N(c5ccccc5C)c5c6ccccc6c(N(c6ccc7c(c6)C(C)(C)c6cc(-c8ccc9c(c8)C(CCCCCCC)(CCCCCCC)c8ccccc8-9)ccc6-7)c6ccccc6C)c6ccccc56)ccc3-4)cc21. The minimum Gasteiger partial charge on any atom is -0.309 e. The number of aryl methyl sites for hydroxylation is 2. The van der Waals surface area contributed by atoms with Crippen LogP contribution in [0, 0.1) is 13.8 Å². The second kappa shape index (κ2) is 32.3. The van der Waals surface area contributed by atoms with Crippen LogP contribution in [0.2, 0.25) is 0 Å². The Hall–Kier alpha value is -10.0. The van der Waals surface area contributed by atoms with Gasteiger partial charge in [-0.3, -0.25) is 0 Å². The molecule has 114 heavy (non-hydrogen) atoms. The Balaban J connectivity index is 0.740. The third-order valence-electron chi connectivity index (χ3n) is 27.9. The molecule has 0 aliphatic heterocycles. The molecule has 0 unspecified atom stereocenters. The van der Waals surface area contributed by atoms with E-state index in [2.05, 4.69) is 334 Å². The van der Waals surface area contributed by atoms with Gasteiger partial charge in [-0.05, 0) is 223 Å². The molecule has 0 saturated heterocycles. The van der Waals surface area contributed by atoms with Gasteiger partial charge in [0.25, 0.3) is 0 Å². The van der Waals surface area contributed by atoms with E-state index in [1.807, 2.05) is 0 Å². The maximum absolute atomic E-state index is 2.64. The number of anilines is 6. The smallest absolute Gasteiger partial charge is 0.0620 e. The molecule has 0 radical (unpaired) electrons. The Morgan fingerprint density at radius 2 is 0.482 bits per heavy atom. The van der Waals surface area contributed by atoms with Gasteiger partial charge < -0.3 is 9.80 Å². The predicted octanol–water partition coefficient (Wildman–Crippen LogP) is 33.5. The fraction of sp³-hybridized carbons (Fsp3) is 0.339. The second-order valence-electron chi connectivity index (χ2n) is 35.7. The fourth-order valence-corrected chi connectivity index (χ4v) is 21.8. The van der Waals surface area contributed by atoms with Crippen LogP contribution in [0.3, 0.4) is 0 Å². The van der Waals surface area contributed by atoms with E-state index >= 15 is 0 Å². The molecule has 13 aromatic carbocycles. The monoisotopic (exact) mass is 1490 g/mol. The molecule has 2 heteroatoms. The quantitative estimate of drug-likeness (QED) is 0.0236. The van der Waals surface area contributed by atoms with E-state index in [9.17, 15) is 0 Å². The van der Waals surface area contributed by atoms with Crippen molar-refractivity contribution in [2.45, 2.75) is 245 Å². The Labute approximate surface area is 683 Å². The predicted molar refractivity (Wildman–Crippen MR) is 492 cm³/mol. The molecule has 578 valence electrons. The van der Waals surface area contributed by atoms with E-state index in [4.69, 9.17) is 0 Å². The molecule has 0 bridgehead atoms. The zero-order chi connectivity index (χ0) is 78.3. The summed E-state index contributed by atoms with van der Waals surface area (Å²) in [5.41, 5.74) is 37.1. The number of nitrogens with zero attached hydrogens (tertiary/aromatic N) is 2. The number of rotatable bonds is 32. The van der Waals surface area contributed by atoms with E-state index in [1.54, 1.807) is 22.3 Å². The highest BCUT2D eigenvalue weighted by Crippen LogP contribution is 2.61. The average molecular weight is 1490 g/mol. The molecule has 0 aromatic heterocycles. The molecule has 0 amide bonds. The van der Waals surface area contributed by atoms with Crippen molar-refractivity contribution in [3.63, 3.8) is 0 Å². The fourth-order valence-electron chi connectivity index (χ4n) is 21.8. The first-order chi connectivity index (χ1) is 55.7. The summed E-state index contributed by atoms with van der Waals surface area (Å²) in [5, 5.41) is 4.79. The van der Waals surface area contributed by atoms with Gasteiger partial charge in [0.2, 0.25) is 0 Å². The molecule has 2 nitrogen and oxygen atoms in total. The lowest BCUT2D eigenvalue weighted by Crippen LogP contribution is -2.25. The third kappa shape index (κ3) is 13.5. The largest absolute Gasteiger partial charge is 0.309 e. The van der Waals surface area contributed by atoms with Crippen molar-refractivity contribution in [1.29, 1.82) is 0 Å². The van der Waals surface area contributed by atoms with E-state index in [0.717, 1.165) is 11.4 Å².